The van der Waals surface area contributed by atoms with E-state index in [1.54, 1.807) is 13.0 Å². The van der Waals surface area contributed by atoms with E-state index in [0.29, 0.717) is 33.2 Å². The zero-order valence-corrected chi connectivity index (χ0v) is 16.8. The van der Waals surface area contributed by atoms with Crippen LogP contribution in [0.5, 0.6) is 0 Å². The van der Waals surface area contributed by atoms with Crippen molar-refractivity contribution in [3.63, 3.8) is 0 Å². The Labute approximate surface area is 182 Å². The van der Waals surface area contributed by atoms with Gasteiger partial charge in [-0.25, -0.2) is 4.57 Å². The van der Waals surface area contributed by atoms with Crippen LogP contribution >= 0.6 is 0 Å². The monoisotopic (exact) mass is 394 g/mol. The lowest BCUT2D eigenvalue weighted by Crippen LogP contribution is -2.30. The first kappa shape index (κ1) is 13.3. The fraction of sp³-hybridized carbons (Fsp3) is 0.111. The molecule has 2 heterocycles. The first-order chi connectivity index (χ1) is 16.7. The number of nitrogens with zero attached hydrogens (tertiary/aromatic N) is 2. The Kier molecular flexibility index (Phi) is 3.05. The highest BCUT2D eigenvalue weighted by Gasteiger charge is 2.24. The Morgan fingerprint density at radius 2 is 1.77 bits per heavy atom. The van der Waals surface area contributed by atoms with Crippen LogP contribution in [-0.2, 0) is 7.05 Å². The van der Waals surface area contributed by atoms with Crippen LogP contribution in [0, 0.1) is 25.2 Å². The average Bonchev–Trinajstić information content (AvgIpc) is 3.22. The third-order valence-corrected chi connectivity index (χ3v) is 5.50. The third kappa shape index (κ3) is 2.62. The van der Waals surface area contributed by atoms with Gasteiger partial charge in [0, 0.05) is 28.5 Å². The van der Waals surface area contributed by atoms with Gasteiger partial charge in [-0.15, -0.1) is 0 Å². The van der Waals surface area contributed by atoms with Gasteiger partial charge in [0.25, 0.3) is 0 Å². The van der Waals surface area contributed by atoms with Crippen LogP contribution in [0.25, 0.3) is 44.3 Å². The summed E-state index contributed by atoms with van der Waals surface area (Å²) in [6.45, 7) is 3.74. The smallest absolute Gasteiger partial charge is 0.216 e. The molecule has 3 heteroatoms. The maximum absolute atomic E-state index is 9.96. The summed E-state index contributed by atoms with van der Waals surface area (Å²) in [6.07, 6.45) is 1.94. The molecule has 0 aliphatic rings. The molecule has 0 aliphatic heterocycles. The summed E-state index contributed by atoms with van der Waals surface area (Å²) < 4.78 is 49.8. The lowest BCUT2D eigenvalue weighted by atomic mass is 9.93. The van der Waals surface area contributed by atoms with E-state index in [0.717, 1.165) is 22.2 Å². The standard InChI is InChI=1S/C27H21N2O/c1-17-12-13-21-25-20(16-28)15-18(2)23(19-9-5-4-6-10-19)27(25)30-26(21)24(17)22-11-7-8-14-29(22)3/h4-15H,1-3H3/q+1/i4D,5D,6D,9D,10D. The van der Waals surface area contributed by atoms with Gasteiger partial charge in [-0.3, -0.25) is 0 Å². The molecule has 144 valence electrons. The number of aromatic nitrogens is 1. The predicted octanol–water partition coefficient (Wildman–Crippen LogP) is 6.23. The molecule has 0 radical (unpaired) electrons. The van der Waals surface area contributed by atoms with Crippen molar-refractivity contribution in [2.75, 3.05) is 0 Å². The van der Waals surface area contributed by atoms with Crippen LogP contribution in [0.3, 0.4) is 0 Å². The van der Waals surface area contributed by atoms with Gasteiger partial charge in [0.1, 0.15) is 18.2 Å². The number of hydrogen-bond acceptors (Lipinski definition) is 2. The number of benzene rings is 3. The first-order valence-corrected chi connectivity index (χ1v) is 9.59. The maximum Gasteiger partial charge on any atom is 0.216 e. The zero-order valence-electron chi connectivity index (χ0n) is 21.8. The quantitative estimate of drug-likeness (QED) is 0.333. The Morgan fingerprint density at radius 3 is 2.50 bits per heavy atom. The van der Waals surface area contributed by atoms with Crippen molar-refractivity contribution in [3.8, 4) is 28.5 Å². The minimum absolute atomic E-state index is 0.0607. The third-order valence-electron chi connectivity index (χ3n) is 5.50. The maximum atomic E-state index is 9.96. The molecule has 0 bridgehead atoms. The van der Waals surface area contributed by atoms with Gasteiger partial charge < -0.3 is 4.42 Å². The molecule has 30 heavy (non-hydrogen) atoms. The Hall–Kier alpha value is -3.90. The highest BCUT2D eigenvalue weighted by Crippen LogP contribution is 2.43. The minimum atomic E-state index is -0.453. The van der Waals surface area contributed by atoms with E-state index in [-0.39, 0.29) is 17.6 Å². The summed E-state index contributed by atoms with van der Waals surface area (Å²) >= 11 is 0. The molecule has 0 N–H and O–H groups in total. The fourth-order valence-corrected chi connectivity index (χ4v) is 4.12. The van der Waals surface area contributed by atoms with Crippen LogP contribution in [0.1, 0.15) is 23.5 Å². The first-order valence-electron chi connectivity index (χ1n) is 12.1. The molecule has 0 aliphatic carbocycles. The second kappa shape index (κ2) is 6.86. The molecule has 0 unspecified atom stereocenters. The number of aryl methyl sites for hydroxylation is 3. The molecule has 0 atom stereocenters. The topological polar surface area (TPSA) is 40.8 Å². The van der Waals surface area contributed by atoms with E-state index < -0.39 is 18.1 Å². The van der Waals surface area contributed by atoms with Crippen LogP contribution < -0.4 is 4.57 Å². The van der Waals surface area contributed by atoms with Crippen LogP contribution in [0.4, 0.5) is 0 Å². The lowest BCUT2D eigenvalue weighted by Gasteiger charge is -2.08. The molecule has 0 fully saturated rings. The summed E-state index contributed by atoms with van der Waals surface area (Å²) in [6, 6.07) is 11.8. The van der Waals surface area contributed by atoms with Crippen molar-refractivity contribution in [1.82, 2.24) is 0 Å². The van der Waals surface area contributed by atoms with E-state index in [2.05, 4.69) is 6.07 Å². The second-order valence-corrected chi connectivity index (χ2v) is 7.36. The van der Waals surface area contributed by atoms with E-state index in [1.807, 2.05) is 55.1 Å². The summed E-state index contributed by atoms with van der Waals surface area (Å²) in [7, 11) is 1.94. The molecular weight excluding hydrogens is 368 g/mol. The number of rotatable bonds is 2. The van der Waals surface area contributed by atoms with Gasteiger partial charge in [-0.1, -0.05) is 42.3 Å². The zero-order chi connectivity index (χ0) is 25.2. The minimum Gasteiger partial charge on any atom is -0.454 e. The molecule has 0 spiro atoms. The van der Waals surface area contributed by atoms with Crippen molar-refractivity contribution in [1.29, 1.82) is 5.26 Å². The van der Waals surface area contributed by atoms with Crippen molar-refractivity contribution in [2.45, 2.75) is 13.8 Å². The van der Waals surface area contributed by atoms with E-state index in [9.17, 15) is 5.26 Å². The summed E-state index contributed by atoms with van der Waals surface area (Å²) in [5.41, 5.74) is 5.15. The molecular formula is C27H21N2O+. The largest absolute Gasteiger partial charge is 0.454 e. The second-order valence-electron chi connectivity index (χ2n) is 7.36. The highest BCUT2D eigenvalue weighted by atomic mass is 16.3. The summed E-state index contributed by atoms with van der Waals surface area (Å²) in [5.74, 6) is 0. The van der Waals surface area contributed by atoms with Crippen LogP contribution in [-0.4, -0.2) is 0 Å². The Bertz CT molecular complexity index is 1720. The SMILES string of the molecule is [2H]c1c([2H])c([2H])c(-c2c(C)cc(C#N)c3c2oc2c(-c4cccc[n+]4C)c(C)ccc23)c([2H])c1[2H]. The molecule has 3 nitrogen and oxygen atoms in total. The molecule has 3 aromatic carbocycles. The van der Waals surface area contributed by atoms with Crippen molar-refractivity contribution in [2.24, 2.45) is 7.05 Å². The van der Waals surface area contributed by atoms with Crippen LogP contribution in [0.15, 0.2) is 77.2 Å². The lowest BCUT2D eigenvalue weighted by molar-refractivity contribution is -0.660. The molecule has 5 rings (SSSR count). The van der Waals surface area contributed by atoms with Gasteiger partial charge in [-0.2, -0.15) is 5.26 Å². The van der Waals surface area contributed by atoms with Gasteiger partial charge in [0.2, 0.25) is 5.69 Å². The highest BCUT2D eigenvalue weighted by molar-refractivity contribution is 6.15. The molecule has 0 amide bonds. The molecule has 0 saturated carbocycles. The van der Waals surface area contributed by atoms with Crippen LogP contribution in [0.2, 0.25) is 0 Å². The molecule has 5 aromatic rings. The van der Waals surface area contributed by atoms with Crippen molar-refractivity contribution >= 4 is 21.9 Å². The van der Waals surface area contributed by atoms with Gasteiger partial charge >= 0.3 is 0 Å². The fourth-order valence-electron chi connectivity index (χ4n) is 4.12. The Balaban J connectivity index is 2.02. The normalized spacial score (nSPS) is 13.5. The summed E-state index contributed by atoms with van der Waals surface area (Å²) in [4.78, 5) is 0. The van der Waals surface area contributed by atoms with Gasteiger partial charge in [0.05, 0.1) is 24.0 Å². The predicted molar refractivity (Wildman–Crippen MR) is 120 cm³/mol. The van der Waals surface area contributed by atoms with E-state index in [4.69, 9.17) is 11.3 Å². The van der Waals surface area contributed by atoms with E-state index in [1.165, 1.54) is 0 Å². The van der Waals surface area contributed by atoms with Gasteiger partial charge in [0.15, 0.2) is 6.20 Å². The number of hydrogen-bond donors (Lipinski definition) is 0. The average molecular weight is 395 g/mol. The van der Waals surface area contributed by atoms with Crippen molar-refractivity contribution < 1.29 is 15.8 Å². The Morgan fingerprint density at radius 1 is 0.967 bits per heavy atom. The van der Waals surface area contributed by atoms with Gasteiger partial charge in [-0.05, 0) is 42.7 Å². The number of furan rings is 1. The van der Waals surface area contributed by atoms with E-state index >= 15 is 0 Å². The number of pyridine rings is 1. The summed E-state index contributed by atoms with van der Waals surface area (Å²) in [5, 5.41) is 11.3. The molecule has 0 saturated heterocycles. The number of fused-ring (bicyclic) bond motifs is 3. The molecule has 2 aromatic heterocycles. The van der Waals surface area contributed by atoms with Crippen molar-refractivity contribution in [3.05, 3.63) is 89.5 Å². The number of nitriles is 1.